The molecule has 0 amide bonds. The molecule has 17 heavy (non-hydrogen) atoms. The minimum atomic E-state index is 0.368. The number of aryl methyl sites for hydroxylation is 1. The Kier molecular flexibility index (Phi) is 6.04. The van der Waals surface area contributed by atoms with Gasteiger partial charge in [0, 0.05) is 0 Å². The Morgan fingerprint density at radius 3 is 2.47 bits per heavy atom. The minimum Gasteiger partial charge on any atom is -0.0877 e. The van der Waals surface area contributed by atoms with E-state index in [4.69, 9.17) is 0 Å². The van der Waals surface area contributed by atoms with Gasteiger partial charge in [0.2, 0.25) is 0 Å². The molecular weight excluding hydrogens is 204 g/mol. The fraction of sp³-hybridized carbons (Fsp3) is 0.529. The monoisotopic (exact) mass is 230 g/mol. The summed E-state index contributed by atoms with van der Waals surface area (Å²) >= 11 is 0. The summed E-state index contributed by atoms with van der Waals surface area (Å²) in [5, 5.41) is 0. The lowest BCUT2D eigenvalue weighted by Crippen LogP contribution is -2.06. The molecule has 1 aromatic carbocycles. The van der Waals surface area contributed by atoms with Crippen molar-refractivity contribution < 1.29 is 0 Å². The predicted molar refractivity (Wildman–Crippen MR) is 77.2 cm³/mol. The Hall–Kier alpha value is -1.04. The summed E-state index contributed by atoms with van der Waals surface area (Å²) in [6.45, 7) is 6.93. The summed E-state index contributed by atoms with van der Waals surface area (Å²) in [6, 6.07) is 10.7. The molecule has 0 radical (unpaired) electrons. The molecule has 1 aromatic rings. The first kappa shape index (κ1) is 14.0. The second kappa shape index (κ2) is 7.32. The zero-order valence-electron chi connectivity index (χ0n) is 11.6. The molecule has 0 heterocycles. The highest BCUT2D eigenvalue weighted by molar-refractivity contribution is 5.15. The van der Waals surface area contributed by atoms with Crippen molar-refractivity contribution in [3.05, 3.63) is 48.0 Å². The van der Waals surface area contributed by atoms with Crippen LogP contribution in [0.4, 0.5) is 0 Å². The van der Waals surface area contributed by atoms with Gasteiger partial charge in [-0.05, 0) is 30.2 Å². The molecule has 0 N–H and O–H groups in total. The molecule has 0 atom stereocenters. The zero-order chi connectivity index (χ0) is 12.6. The molecule has 0 heteroatoms. The third kappa shape index (κ3) is 6.31. The van der Waals surface area contributed by atoms with Crippen LogP contribution >= 0.6 is 0 Å². The molecule has 1 rings (SSSR count). The Bertz CT molecular complexity index is 319. The summed E-state index contributed by atoms with van der Waals surface area (Å²) in [6.07, 6.45) is 11.0. The number of hydrogen-bond donors (Lipinski definition) is 0. The Labute approximate surface area is 107 Å². The van der Waals surface area contributed by atoms with Gasteiger partial charge < -0.3 is 0 Å². The second-order valence-corrected chi connectivity index (χ2v) is 5.52. The summed E-state index contributed by atoms with van der Waals surface area (Å²) < 4.78 is 0. The van der Waals surface area contributed by atoms with Gasteiger partial charge in [0.25, 0.3) is 0 Å². The van der Waals surface area contributed by atoms with E-state index >= 15 is 0 Å². The standard InChI is InChI=1S/C17H26/c1-4-5-14-17(2,3)15-10-9-13-16-11-7-6-8-12-16/h6-8,10-12,15H,4-5,9,13-14H2,1-3H3/b15-10+. The number of allylic oxidation sites excluding steroid dienone is 2. The van der Waals surface area contributed by atoms with Gasteiger partial charge in [-0.15, -0.1) is 0 Å². The van der Waals surface area contributed by atoms with Crippen LogP contribution in [0, 0.1) is 5.41 Å². The molecule has 0 unspecified atom stereocenters. The smallest absolute Gasteiger partial charge is 0.0175 e. The maximum atomic E-state index is 2.39. The van der Waals surface area contributed by atoms with E-state index in [0.29, 0.717) is 5.41 Å². The molecule has 0 aliphatic rings. The first-order chi connectivity index (χ1) is 8.14. The lowest BCUT2D eigenvalue weighted by molar-refractivity contribution is 0.418. The van der Waals surface area contributed by atoms with Crippen molar-refractivity contribution in [2.24, 2.45) is 5.41 Å². The summed E-state index contributed by atoms with van der Waals surface area (Å²) in [5.41, 5.74) is 1.80. The molecule has 0 aliphatic carbocycles. The number of hydrogen-bond acceptors (Lipinski definition) is 0. The average Bonchev–Trinajstić information content (AvgIpc) is 2.34. The van der Waals surface area contributed by atoms with Crippen molar-refractivity contribution in [1.82, 2.24) is 0 Å². The zero-order valence-corrected chi connectivity index (χ0v) is 11.6. The van der Waals surface area contributed by atoms with Crippen molar-refractivity contribution in [1.29, 1.82) is 0 Å². The summed E-state index contributed by atoms with van der Waals surface area (Å²) in [7, 11) is 0. The molecule has 0 saturated heterocycles. The van der Waals surface area contributed by atoms with E-state index in [1.807, 2.05) is 0 Å². The van der Waals surface area contributed by atoms with E-state index in [9.17, 15) is 0 Å². The van der Waals surface area contributed by atoms with Gasteiger partial charge in [0.15, 0.2) is 0 Å². The van der Waals surface area contributed by atoms with E-state index in [2.05, 4.69) is 63.3 Å². The van der Waals surface area contributed by atoms with Crippen LogP contribution in [0.2, 0.25) is 0 Å². The first-order valence-corrected chi connectivity index (χ1v) is 6.86. The third-order valence-electron chi connectivity index (χ3n) is 3.19. The predicted octanol–water partition coefficient (Wildman–Crippen LogP) is 5.39. The van der Waals surface area contributed by atoms with Gasteiger partial charge in [0.05, 0.1) is 0 Å². The van der Waals surface area contributed by atoms with Crippen LogP contribution in [0.1, 0.15) is 52.0 Å². The molecule has 94 valence electrons. The quantitative estimate of drug-likeness (QED) is 0.551. The Morgan fingerprint density at radius 1 is 1.12 bits per heavy atom. The highest BCUT2D eigenvalue weighted by Gasteiger charge is 2.11. The van der Waals surface area contributed by atoms with Crippen molar-refractivity contribution in [2.45, 2.75) is 52.9 Å². The van der Waals surface area contributed by atoms with Gasteiger partial charge in [-0.25, -0.2) is 0 Å². The maximum Gasteiger partial charge on any atom is -0.0175 e. The highest BCUT2D eigenvalue weighted by atomic mass is 14.2. The minimum absolute atomic E-state index is 0.368. The van der Waals surface area contributed by atoms with Crippen molar-refractivity contribution in [2.75, 3.05) is 0 Å². The van der Waals surface area contributed by atoms with Gasteiger partial charge in [0.1, 0.15) is 0 Å². The lowest BCUT2D eigenvalue weighted by atomic mass is 9.86. The van der Waals surface area contributed by atoms with Gasteiger partial charge in [-0.1, -0.05) is 76.1 Å². The maximum absolute atomic E-state index is 2.39. The first-order valence-electron chi connectivity index (χ1n) is 6.86. The van der Waals surface area contributed by atoms with E-state index < -0.39 is 0 Å². The molecule has 0 fully saturated rings. The fourth-order valence-corrected chi connectivity index (χ4v) is 2.01. The van der Waals surface area contributed by atoms with Crippen LogP contribution in [0.25, 0.3) is 0 Å². The van der Waals surface area contributed by atoms with Crippen LogP contribution in [-0.2, 0) is 6.42 Å². The Morgan fingerprint density at radius 2 is 1.82 bits per heavy atom. The fourth-order valence-electron chi connectivity index (χ4n) is 2.01. The highest BCUT2D eigenvalue weighted by Crippen LogP contribution is 2.25. The van der Waals surface area contributed by atoms with E-state index in [0.717, 1.165) is 12.8 Å². The lowest BCUT2D eigenvalue weighted by Gasteiger charge is -2.19. The van der Waals surface area contributed by atoms with Crippen LogP contribution in [0.5, 0.6) is 0 Å². The van der Waals surface area contributed by atoms with E-state index in [1.165, 1.54) is 24.8 Å². The van der Waals surface area contributed by atoms with Crippen molar-refractivity contribution in [3.63, 3.8) is 0 Å². The number of rotatable bonds is 7. The van der Waals surface area contributed by atoms with Crippen molar-refractivity contribution in [3.8, 4) is 0 Å². The number of benzene rings is 1. The van der Waals surface area contributed by atoms with Crippen LogP contribution in [0.15, 0.2) is 42.5 Å². The van der Waals surface area contributed by atoms with E-state index in [-0.39, 0.29) is 0 Å². The van der Waals surface area contributed by atoms with Gasteiger partial charge in [-0.2, -0.15) is 0 Å². The summed E-state index contributed by atoms with van der Waals surface area (Å²) in [4.78, 5) is 0. The normalized spacial score (nSPS) is 12.2. The van der Waals surface area contributed by atoms with Gasteiger partial charge in [-0.3, -0.25) is 0 Å². The summed E-state index contributed by atoms with van der Waals surface area (Å²) in [5.74, 6) is 0. The van der Waals surface area contributed by atoms with Crippen LogP contribution in [-0.4, -0.2) is 0 Å². The Balaban J connectivity index is 2.30. The molecule has 0 saturated carbocycles. The molecule has 0 bridgehead atoms. The second-order valence-electron chi connectivity index (χ2n) is 5.52. The average molecular weight is 230 g/mol. The molecule has 0 aromatic heterocycles. The van der Waals surface area contributed by atoms with Crippen molar-refractivity contribution >= 4 is 0 Å². The molecular formula is C17H26. The van der Waals surface area contributed by atoms with Gasteiger partial charge >= 0.3 is 0 Å². The topological polar surface area (TPSA) is 0 Å². The third-order valence-corrected chi connectivity index (χ3v) is 3.19. The van der Waals surface area contributed by atoms with E-state index in [1.54, 1.807) is 0 Å². The van der Waals surface area contributed by atoms with Crippen LogP contribution in [0.3, 0.4) is 0 Å². The largest absolute Gasteiger partial charge is 0.0877 e. The molecule has 0 nitrogen and oxygen atoms in total. The SMILES string of the molecule is CCCCC(C)(C)/C=C/CCc1ccccc1. The number of unbranched alkanes of at least 4 members (excludes halogenated alkanes) is 1. The molecule has 0 aliphatic heterocycles. The van der Waals surface area contributed by atoms with Crippen LogP contribution < -0.4 is 0 Å². The molecule has 0 spiro atoms.